The summed E-state index contributed by atoms with van der Waals surface area (Å²) in [5, 5.41) is 8.10. The molecular formula is C30H29F3N6O2S. The number of rotatable bonds is 7. The fraction of sp³-hybridized carbons (Fsp3) is 0.267. The number of nitrogens with zero attached hydrogens (tertiary/aromatic N) is 5. The van der Waals surface area contributed by atoms with Crippen LogP contribution in [0.4, 0.5) is 23.7 Å². The van der Waals surface area contributed by atoms with Crippen LogP contribution in [0, 0.1) is 0 Å². The van der Waals surface area contributed by atoms with Crippen molar-refractivity contribution < 1.29 is 22.7 Å². The van der Waals surface area contributed by atoms with Crippen LogP contribution in [0.1, 0.15) is 37.4 Å². The van der Waals surface area contributed by atoms with Gasteiger partial charge >= 0.3 is 12.4 Å². The van der Waals surface area contributed by atoms with Crippen LogP contribution in [0.3, 0.4) is 0 Å². The summed E-state index contributed by atoms with van der Waals surface area (Å²) < 4.78 is 42.6. The van der Waals surface area contributed by atoms with Crippen LogP contribution in [-0.4, -0.2) is 44.6 Å². The molecule has 1 N–H and O–H groups in total. The smallest absolute Gasteiger partial charge is 0.406 e. The number of benzene rings is 3. The van der Waals surface area contributed by atoms with E-state index in [4.69, 9.17) is 0 Å². The molecule has 1 aromatic heterocycles. The van der Waals surface area contributed by atoms with Gasteiger partial charge in [-0.25, -0.2) is 14.5 Å². The van der Waals surface area contributed by atoms with Crippen molar-refractivity contribution in [1.82, 2.24) is 20.1 Å². The van der Waals surface area contributed by atoms with Crippen molar-refractivity contribution in [2.75, 3.05) is 17.2 Å². The number of nitrogens with one attached hydrogen (secondary N) is 1. The highest BCUT2D eigenvalue weighted by Gasteiger charge is 2.31. The van der Waals surface area contributed by atoms with Crippen molar-refractivity contribution in [3.8, 4) is 22.8 Å². The van der Waals surface area contributed by atoms with Gasteiger partial charge in [-0.3, -0.25) is 0 Å². The van der Waals surface area contributed by atoms with Crippen LogP contribution in [0.15, 0.2) is 84.1 Å². The Balaban J connectivity index is 1.23. The van der Waals surface area contributed by atoms with E-state index in [0.29, 0.717) is 16.7 Å². The van der Waals surface area contributed by atoms with Crippen molar-refractivity contribution in [1.29, 1.82) is 0 Å². The summed E-state index contributed by atoms with van der Waals surface area (Å²) in [7, 11) is 0. The summed E-state index contributed by atoms with van der Waals surface area (Å²) in [6.07, 6.45) is -1.36. The van der Waals surface area contributed by atoms with E-state index in [0.717, 1.165) is 42.0 Å². The molecule has 3 aromatic carbocycles. The first-order valence-corrected chi connectivity index (χ1v) is 14.4. The number of thioether (sulfide) groups is 1. The van der Waals surface area contributed by atoms with Gasteiger partial charge in [0.15, 0.2) is 11.0 Å². The Morgan fingerprint density at radius 2 is 1.83 bits per heavy atom. The molecule has 8 nitrogen and oxygen atoms in total. The number of para-hydroxylation sites is 1. The Hall–Kier alpha value is -4.32. The van der Waals surface area contributed by atoms with Gasteiger partial charge in [-0.05, 0) is 61.2 Å². The number of amides is 2. The highest BCUT2D eigenvalue weighted by Crippen LogP contribution is 2.29. The number of anilines is 1. The summed E-state index contributed by atoms with van der Waals surface area (Å²) in [6, 6.07) is 20.3. The zero-order chi connectivity index (χ0) is 29.7. The zero-order valence-electron chi connectivity index (χ0n) is 23.0. The van der Waals surface area contributed by atoms with E-state index in [1.54, 1.807) is 11.8 Å². The molecule has 0 saturated carbocycles. The van der Waals surface area contributed by atoms with Gasteiger partial charge in [-0.1, -0.05) is 61.2 Å². The summed E-state index contributed by atoms with van der Waals surface area (Å²) in [5.41, 5.74) is 4.47. The van der Waals surface area contributed by atoms with Crippen LogP contribution in [-0.2, 0) is 6.42 Å². The number of aromatic nitrogens is 3. The van der Waals surface area contributed by atoms with E-state index in [9.17, 15) is 18.0 Å². The molecule has 1 saturated heterocycles. The third-order valence-corrected chi connectivity index (χ3v) is 7.75. The van der Waals surface area contributed by atoms with Crippen molar-refractivity contribution in [3.05, 3.63) is 90.3 Å². The minimum Gasteiger partial charge on any atom is -0.406 e. The number of ether oxygens (including phenoxy) is 1. The summed E-state index contributed by atoms with van der Waals surface area (Å²) in [4.78, 5) is 23.8. The molecule has 218 valence electrons. The summed E-state index contributed by atoms with van der Waals surface area (Å²) in [6.45, 7) is 4.83. The molecule has 1 atom stereocenters. The van der Waals surface area contributed by atoms with Crippen LogP contribution in [0.25, 0.3) is 17.1 Å². The lowest BCUT2D eigenvalue weighted by atomic mass is 10.1. The molecule has 5 rings (SSSR count). The van der Waals surface area contributed by atoms with E-state index >= 15 is 0 Å². The van der Waals surface area contributed by atoms with Crippen molar-refractivity contribution in [2.45, 2.75) is 39.1 Å². The third kappa shape index (κ3) is 7.11. The summed E-state index contributed by atoms with van der Waals surface area (Å²) >= 11 is 1.59. The Kier molecular flexibility index (Phi) is 8.81. The molecule has 0 aliphatic carbocycles. The maximum Gasteiger partial charge on any atom is 0.573 e. The molecule has 12 heteroatoms. The minimum absolute atomic E-state index is 0.288. The van der Waals surface area contributed by atoms with Crippen LogP contribution in [0.5, 0.6) is 5.75 Å². The average molecular weight is 595 g/mol. The zero-order valence-corrected chi connectivity index (χ0v) is 23.8. The van der Waals surface area contributed by atoms with Crippen molar-refractivity contribution in [3.63, 3.8) is 0 Å². The molecule has 1 aliphatic heterocycles. The predicted octanol–water partition coefficient (Wildman–Crippen LogP) is 7.17. The Morgan fingerprint density at radius 3 is 2.55 bits per heavy atom. The normalized spacial score (nSPS) is 15.5. The second kappa shape index (κ2) is 12.7. The van der Waals surface area contributed by atoms with Crippen molar-refractivity contribution in [2.24, 2.45) is 4.99 Å². The average Bonchev–Trinajstić information content (AvgIpc) is 3.47. The van der Waals surface area contributed by atoms with Crippen LogP contribution >= 0.6 is 11.8 Å². The first-order valence-electron chi connectivity index (χ1n) is 13.5. The Morgan fingerprint density at radius 1 is 1.10 bits per heavy atom. The van der Waals surface area contributed by atoms with Crippen LogP contribution in [0.2, 0.25) is 0 Å². The minimum atomic E-state index is -4.75. The second-order valence-corrected chi connectivity index (χ2v) is 10.6. The van der Waals surface area contributed by atoms with Gasteiger partial charge in [-0.15, -0.1) is 18.3 Å². The topological polar surface area (TPSA) is 84.6 Å². The number of alkyl halides is 3. The molecular weight excluding hydrogens is 565 g/mol. The SMILES string of the molecule is CCc1ccccc1N1CCCS/C1=N\C(=O)NC(C)c1ccc(-c2ncn(-c3ccc(OC(F)(F)F)cc3)n2)cc1. The first-order chi connectivity index (χ1) is 20.2. The number of aryl methyl sites for hydroxylation is 1. The van der Waals surface area contributed by atoms with E-state index in [2.05, 4.69) is 49.1 Å². The fourth-order valence-corrected chi connectivity index (χ4v) is 5.53. The standard InChI is InChI=1S/C30H29F3N6O2S/c1-3-21-7-4-5-8-26(21)38-17-6-18-42-29(38)36-28(40)35-20(2)22-9-11-23(12-10-22)27-34-19-39(37-27)24-13-15-25(16-14-24)41-30(31,32)33/h4-5,7-16,19-20H,3,6,17-18H2,1-2H3,(H,35,40)/b36-29-. The lowest BCUT2D eigenvalue weighted by Crippen LogP contribution is -2.36. The molecule has 0 spiro atoms. The Bertz CT molecular complexity index is 1550. The molecule has 2 amide bonds. The predicted molar refractivity (Wildman–Crippen MR) is 158 cm³/mol. The first kappa shape index (κ1) is 29.2. The van der Waals surface area contributed by atoms with Gasteiger partial charge in [0.2, 0.25) is 0 Å². The van der Waals surface area contributed by atoms with Gasteiger partial charge in [-0.2, -0.15) is 4.99 Å². The van der Waals surface area contributed by atoms with E-state index < -0.39 is 12.4 Å². The lowest BCUT2D eigenvalue weighted by molar-refractivity contribution is -0.274. The highest BCUT2D eigenvalue weighted by atomic mass is 32.2. The molecule has 2 heterocycles. The monoisotopic (exact) mass is 594 g/mol. The van der Waals surface area contributed by atoms with Gasteiger partial charge in [0.05, 0.1) is 11.7 Å². The number of carbonyl (C=O) groups is 1. The number of hydrogen-bond donors (Lipinski definition) is 1. The highest BCUT2D eigenvalue weighted by molar-refractivity contribution is 8.14. The maximum absolute atomic E-state index is 12.9. The van der Waals surface area contributed by atoms with Gasteiger partial charge in [0.25, 0.3) is 0 Å². The maximum atomic E-state index is 12.9. The van der Waals surface area contributed by atoms with E-state index in [1.165, 1.54) is 40.8 Å². The van der Waals surface area contributed by atoms with E-state index in [-0.39, 0.29) is 11.8 Å². The van der Waals surface area contributed by atoms with Gasteiger partial charge in [0.1, 0.15) is 12.1 Å². The molecule has 0 radical (unpaired) electrons. The number of carbonyl (C=O) groups excluding carboxylic acids is 1. The largest absolute Gasteiger partial charge is 0.573 e. The molecule has 1 unspecified atom stereocenters. The Labute approximate surface area is 245 Å². The molecule has 1 aliphatic rings. The third-order valence-electron chi connectivity index (χ3n) is 6.68. The number of amidine groups is 1. The lowest BCUT2D eigenvalue weighted by Gasteiger charge is -2.31. The molecule has 0 bridgehead atoms. The molecule has 42 heavy (non-hydrogen) atoms. The summed E-state index contributed by atoms with van der Waals surface area (Å²) in [5.74, 6) is 1.05. The van der Waals surface area contributed by atoms with Gasteiger partial charge < -0.3 is 15.0 Å². The number of aliphatic imine (C=N–C) groups is 1. The molecule has 1 fully saturated rings. The van der Waals surface area contributed by atoms with Crippen molar-refractivity contribution >= 4 is 28.6 Å². The van der Waals surface area contributed by atoms with Gasteiger partial charge in [0, 0.05) is 23.5 Å². The number of halogens is 3. The van der Waals surface area contributed by atoms with Crippen LogP contribution < -0.4 is 15.0 Å². The fourth-order valence-electron chi connectivity index (χ4n) is 4.58. The number of urea groups is 1. The number of hydrogen-bond acceptors (Lipinski definition) is 5. The quantitative estimate of drug-likeness (QED) is 0.244. The molecule has 4 aromatic rings. The van der Waals surface area contributed by atoms with E-state index in [1.807, 2.05) is 43.3 Å². The second-order valence-electron chi connectivity index (χ2n) is 9.58.